The smallest absolute Gasteiger partial charge is 0.245 e. The Morgan fingerprint density at radius 2 is 1.84 bits per heavy atom. The summed E-state index contributed by atoms with van der Waals surface area (Å²) >= 11 is 1.53. The molecule has 1 aliphatic carbocycles. The van der Waals surface area contributed by atoms with Crippen molar-refractivity contribution in [1.82, 2.24) is 10.6 Å². The Morgan fingerprint density at radius 3 is 2.48 bits per heavy atom. The van der Waals surface area contributed by atoms with E-state index in [0.29, 0.717) is 6.54 Å². The van der Waals surface area contributed by atoms with Crippen molar-refractivity contribution < 1.29 is 9.59 Å². The summed E-state index contributed by atoms with van der Waals surface area (Å²) < 4.78 is 0. The van der Waals surface area contributed by atoms with Crippen LogP contribution < -0.4 is 10.6 Å². The predicted octanol–water partition coefficient (Wildman–Crippen LogP) is 3.90. The molecule has 5 heteroatoms. The van der Waals surface area contributed by atoms with Gasteiger partial charge in [0.1, 0.15) is 5.54 Å². The second kappa shape index (κ2) is 9.85. The topological polar surface area (TPSA) is 58.2 Å². The summed E-state index contributed by atoms with van der Waals surface area (Å²) in [6, 6.07) is 9.91. The third-order valence-electron chi connectivity index (χ3n) is 4.75. The van der Waals surface area contributed by atoms with Crippen LogP contribution in [0.15, 0.2) is 35.2 Å². The van der Waals surface area contributed by atoms with Gasteiger partial charge >= 0.3 is 0 Å². The average molecular weight is 363 g/mol. The number of amides is 2. The van der Waals surface area contributed by atoms with E-state index in [-0.39, 0.29) is 17.1 Å². The predicted molar refractivity (Wildman–Crippen MR) is 104 cm³/mol. The largest absolute Gasteiger partial charge is 0.354 e. The van der Waals surface area contributed by atoms with Gasteiger partial charge in [-0.25, -0.2) is 0 Å². The molecule has 0 aromatic heterocycles. The van der Waals surface area contributed by atoms with Crippen molar-refractivity contribution in [3.8, 4) is 0 Å². The van der Waals surface area contributed by atoms with Crippen LogP contribution in [0.4, 0.5) is 0 Å². The quantitative estimate of drug-likeness (QED) is 0.545. The third kappa shape index (κ3) is 5.77. The van der Waals surface area contributed by atoms with Gasteiger partial charge in [0.05, 0.1) is 5.25 Å². The molecule has 1 unspecified atom stereocenters. The van der Waals surface area contributed by atoms with Crippen molar-refractivity contribution in [2.45, 2.75) is 74.5 Å². The van der Waals surface area contributed by atoms with Crippen LogP contribution in [0.3, 0.4) is 0 Å². The molecule has 0 radical (unpaired) electrons. The SMILES string of the molecule is CCCCNC(=O)C1(NC(=O)C(C)Sc2ccccc2)CCCCC1. The number of benzene rings is 1. The van der Waals surface area contributed by atoms with E-state index in [1.165, 1.54) is 11.8 Å². The zero-order valence-corrected chi connectivity index (χ0v) is 16.2. The van der Waals surface area contributed by atoms with Crippen LogP contribution in [-0.2, 0) is 9.59 Å². The van der Waals surface area contributed by atoms with Crippen molar-refractivity contribution in [2.24, 2.45) is 0 Å². The third-order valence-corrected chi connectivity index (χ3v) is 5.86. The fraction of sp³-hybridized carbons (Fsp3) is 0.600. The lowest BCUT2D eigenvalue weighted by atomic mass is 9.80. The maximum absolute atomic E-state index is 12.8. The summed E-state index contributed by atoms with van der Waals surface area (Å²) in [5.41, 5.74) is -0.728. The number of carbonyl (C=O) groups is 2. The van der Waals surface area contributed by atoms with E-state index in [2.05, 4.69) is 17.6 Å². The van der Waals surface area contributed by atoms with Crippen LogP contribution in [0.1, 0.15) is 58.8 Å². The Bertz CT molecular complexity index is 556. The molecule has 0 saturated heterocycles. The van der Waals surface area contributed by atoms with Gasteiger partial charge in [-0.05, 0) is 38.3 Å². The molecule has 1 aliphatic rings. The Morgan fingerprint density at radius 1 is 1.16 bits per heavy atom. The van der Waals surface area contributed by atoms with Gasteiger partial charge in [-0.1, -0.05) is 50.8 Å². The summed E-state index contributed by atoms with van der Waals surface area (Å²) in [4.78, 5) is 26.6. The molecule has 0 spiro atoms. The van der Waals surface area contributed by atoms with Gasteiger partial charge in [0.15, 0.2) is 0 Å². The van der Waals surface area contributed by atoms with Gasteiger partial charge in [0.2, 0.25) is 11.8 Å². The van der Waals surface area contributed by atoms with Crippen LogP contribution in [0, 0.1) is 0 Å². The lowest BCUT2D eigenvalue weighted by Crippen LogP contribution is -2.61. The summed E-state index contributed by atoms with van der Waals surface area (Å²) in [5.74, 6) is -0.0627. The highest BCUT2D eigenvalue weighted by molar-refractivity contribution is 8.00. The minimum Gasteiger partial charge on any atom is -0.354 e. The molecular formula is C20H30N2O2S. The van der Waals surface area contributed by atoms with E-state index < -0.39 is 5.54 Å². The van der Waals surface area contributed by atoms with Gasteiger partial charge in [0, 0.05) is 11.4 Å². The molecule has 2 rings (SSSR count). The molecule has 2 amide bonds. The van der Waals surface area contributed by atoms with Crippen LogP contribution in [0.2, 0.25) is 0 Å². The van der Waals surface area contributed by atoms with Crippen LogP contribution in [-0.4, -0.2) is 29.1 Å². The van der Waals surface area contributed by atoms with Crippen LogP contribution >= 0.6 is 11.8 Å². The maximum Gasteiger partial charge on any atom is 0.245 e. The molecule has 0 aliphatic heterocycles. The van der Waals surface area contributed by atoms with Gasteiger partial charge in [-0.15, -0.1) is 11.8 Å². The molecule has 25 heavy (non-hydrogen) atoms. The lowest BCUT2D eigenvalue weighted by Gasteiger charge is -2.37. The first-order valence-corrected chi connectivity index (χ1v) is 10.3. The molecule has 0 bridgehead atoms. The Labute approximate surface area is 155 Å². The molecule has 1 saturated carbocycles. The molecule has 1 aromatic carbocycles. The summed E-state index contributed by atoms with van der Waals surface area (Å²) in [5, 5.41) is 5.90. The summed E-state index contributed by atoms with van der Waals surface area (Å²) in [6.07, 6.45) is 6.59. The summed E-state index contributed by atoms with van der Waals surface area (Å²) in [6.45, 7) is 4.69. The monoisotopic (exact) mass is 362 g/mol. The van der Waals surface area contributed by atoms with Gasteiger partial charge in [-0.3, -0.25) is 9.59 Å². The van der Waals surface area contributed by atoms with Crippen molar-refractivity contribution in [3.63, 3.8) is 0 Å². The van der Waals surface area contributed by atoms with E-state index in [4.69, 9.17) is 0 Å². The van der Waals surface area contributed by atoms with Crippen LogP contribution in [0.25, 0.3) is 0 Å². The molecule has 2 N–H and O–H groups in total. The van der Waals surface area contributed by atoms with E-state index >= 15 is 0 Å². The number of hydrogen-bond donors (Lipinski definition) is 2. The normalized spacial score (nSPS) is 17.5. The minimum absolute atomic E-state index is 0.00842. The zero-order chi connectivity index (χ0) is 18.1. The molecule has 138 valence electrons. The first-order valence-electron chi connectivity index (χ1n) is 9.39. The van der Waals surface area contributed by atoms with Crippen molar-refractivity contribution in [2.75, 3.05) is 6.54 Å². The first kappa shape index (κ1) is 19.8. The van der Waals surface area contributed by atoms with E-state index in [9.17, 15) is 9.59 Å². The number of carbonyl (C=O) groups excluding carboxylic acids is 2. The van der Waals surface area contributed by atoms with E-state index in [1.54, 1.807) is 0 Å². The highest BCUT2D eigenvalue weighted by Crippen LogP contribution is 2.30. The lowest BCUT2D eigenvalue weighted by molar-refractivity contribution is -0.134. The van der Waals surface area contributed by atoms with Crippen molar-refractivity contribution in [1.29, 1.82) is 0 Å². The van der Waals surface area contributed by atoms with E-state index in [1.807, 2.05) is 37.3 Å². The molecule has 1 aromatic rings. The average Bonchev–Trinajstić information content (AvgIpc) is 2.63. The van der Waals surface area contributed by atoms with Crippen LogP contribution in [0.5, 0.6) is 0 Å². The first-order chi connectivity index (χ1) is 12.1. The fourth-order valence-corrected chi connectivity index (χ4v) is 4.09. The second-order valence-electron chi connectivity index (χ2n) is 6.81. The minimum atomic E-state index is -0.728. The number of unbranched alkanes of at least 4 members (excludes halogenated alkanes) is 1. The second-order valence-corrected chi connectivity index (χ2v) is 8.23. The highest BCUT2D eigenvalue weighted by Gasteiger charge is 2.41. The van der Waals surface area contributed by atoms with E-state index in [0.717, 1.165) is 49.8 Å². The number of nitrogens with one attached hydrogen (secondary N) is 2. The molecule has 1 fully saturated rings. The highest BCUT2D eigenvalue weighted by atomic mass is 32.2. The Balaban J connectivity index is 2.00. The fourth-order valence-electron chi connectivity index (χ4n) is 3.21. The molecule has 4 nitrogen and oxygen atoms in total. The Hall–Kier alpha value is -1.49. The number of thioether (sulfide) groups is 1. The number of rotatable bonds is 8. The molecular weight excluding hydrogens is 332 g/mol. The van der Waals surface area contributed by atoms with Gasteiger partial charge in [-0.2, -0.15) is 0 Å². The molecule has 0 heterocycles. The van der Waals surface area contributed by atoms with Gasteiger partial charge in [0.25, 0.3) is 0 Å². The standard InChI is InChI=1S/C20H30N2O2S/c1-3-4-15-21-19(24)20(13-9-6-10-14-20)22-18(23)16(2)25-17-11-7-5-8-12-17/h5,7-8,11-12,16H,3-4,6,9-10,13-15H2,1-2H3,(H,21,24)(H,22,23). The van der Waals surface area contributed by atoms with Gasteiger partial charge < -0.3 is 10.6 Å². The summed E-state index contributed by atoms with van der Waals surface area (Å²) in [7, 11) is 0. The molecule has 1 atom stereocenters. The maximum atomic E-state index is 12.8. The number of hydrogen-bond acceptors (Lipinski definition) is 3. The van der Waals surface area contributed by atoms with Crippen molar-refractivity contribution >= 4 is 23.6 Å². The Kier molecular flexibility index (Phi) is 7.82. The van der Waals surface area contributed by atoms with Crippen molar-refractivity contribution in [3.05, 3.63) is 30.3 Å². The zero-order valence-electron chi connectivity index (χ0n) is 15.3.